The van der Waals surface area contributed by atoms with E-state index in [9.17, 15) is 14.4 Å². The molecule has 0 spiro atoms. The van der Waals surface area contributed by atoms with E-state index in [4.69, 9.17) is 0 Å². The molecule has 1 saturated heterocycles. The fraction of sp³-hybridized carbons (Fsp3) is 0.476. The number of para-hydroxylation sites is 1. The zero-order chi connectivity index (χ0) is 19.9. The molecule has 7 heteroatoms. The van der Waals surface area contributed by atoms with Gasteiger partial charge in [0.1, 0.15) is 5.69 Å². The van der Waals surface area contributed by atoms with Crippen molar-refractivity contribution in [3.63, 3.8) is 0 Å². The number of esters is 1. The number of aromatic amines is 1. The normalized spacial score (nSPS) is 16.8. The number of amides is 2. The lowest BCUT2D eigenvalue weighted by Crippen LogP contribution is -2.43. The summed E-state index contributed by atoms with van der Waals surface area (Å²) in [5, 5.41) is 3.99. The molecule has 1 aliphatic rings. The van der Waals surface area contributed by atoms with Crippen molar-refractivity contribution in [2.24, 2.45) is 5.92 Å². The first-order valence-electron chi connectivity index (χ1n) is 9.77. The van der Waals surface area contributed by atoms with Crippen LogP contribution in [0.2, 0.25) is 0 Å². The molecule has 0 radical (unpaired) electrons. The zero-order valence-electron chi connectivity index (χ0n) is 16.2. The van der Waals surface area contributed by atoms with E-state index in [2.05, 4.69) is 15.0 Å². The van der Waals surface area contributed by atoms with E-state index >= 15 is 0 Å². The Morgan fingerprint density at radius 1 is 1.25 bits per heavy atom. The largest absolute Gasteiger partial charge is 0.469 e. The number of ether oxygens (including phenoxy) is 1. The van der Waals surface area contributed by atoms with Crippen LogP contribution < -0.4 is 5.32 Å². The number of nitrogens with zero attached hydrogens (tertiary/aromatic N) is 1. The number of benzene rings is 1. The number of nitrogens with one attached hydrogen (secondary N) is 2. The monoisotopic (exact) mass is 385 g/mol. The van der Waals surface area contributed by atoms with E-state index in [-0.39, 0.29) is 30.1 Å². The van der Waals surface area contributed by atoms with Crippen LogP contribution in [0.5, 0.6) is 0 Å². The highest BCUT2D eigenvalue weighted by Gasteiger charge is 2.24. The van der Waals surface area contributed by atoms with Crippen LogP contribution >= 0.6 is 0 Å². The molecule has 7 nitrogen and oxygen atoms in total. The van der Waals surface area contributed by atoms with Gasteiger partial charge in [0.25, 0.3) is 5.91 Å². The molecule has 1 aliphatic heterocycles. The van der Waals surface area contributed by atoms with Gasteiger partial charge in [-0.05, 0) is 37.3 Å². The lowest BCUT2D eigenvalue weighted by atomic mass is 9.97. The molecule has 0 saturated carbocycles. The summed E-state index contributed by atoms with van der Waals surface area (Å²) in [5.74, 6) is -0.107. The summed E-state index contributed by atoms with van der Waals surface area (Å²) in [6.07, 6.45) is 3.03. The molecular weight excluding hydrogens is 358 g/mol. The molecule has 1 fully saturated rings. The second kappa shape index (κ2) is 9.39. The zero-order valence-corrected chi connectivity index (χ0v) is 16.2. The molecule has 150 valence electrons. The van der Waals surface area contributed by atoms with Gasteiger partial charge >= 0.3 is 5.97 Å². The second-order valence-electron chi connectivity index (χ2n) is 7.26. The molecule has 1 aromatic carbocycles. The summed E-state index contributed by atoms with van der Waals surface area (Å²) in [6.45, 7) is 1.92. The van der Waals surface area contributed by atoms with Gasteiger partial charge in [-0.2, -0.15) is 0 Å². The molecular formula is C21H27N3O4. The SMILES string of the molecule is COC(=O)CCCC(=O)N1CCCC(CNC(=O)c2cc3ccccc3[nH]2)C1. The fourth-order valence-electron chi connectivity index (χ4n) is 3.63. The smallest absolute Gasteiger partial charge is 0.305 e. The average molecular weight is 385 g/mol. The number of fused-ring (bicyclic) bond motifs is 1. The lowest BCUT2D eigenvalue weighted by molar-refractivity contribution is -0.141. The van der Waals surface area contributed by atoms with E-state index in [1.165, 1.54) is 7.11 Å². The molecule has 0 bridgehead atoms. The molecule has 2 amide bonds. The first-order valence-corrected chi connectivity index (χ1v) is 9.77. The second-order valence-corrected chi connectivity index (χ2v) is 7.26. The van der Waals surface area contributed by atoms with E-state index in [1.54, 1.807) is 0 Å². The molecule has 2 aromatic rings. The van der Waals surface area contributed by atoms with Crippen molar-refractivity contribution in [1.82, 2.24) is 15.2 Å². The first-order chi connectivity index (χ1) is 13.6. The number of hydrogen-bond acceptors (Lipinski definition) is 4. The van der Waals surface area contributed by atoms with Crippen LogP contribution in [0.1, 0.15) is 42.6 Å². The Kier molecular flexibility index (Phi) is 6.68. The fourth-order valence-corrected chi connectivity index (χ4v) is 3.63. The Balaban J connectivity index is 1.46. The number of methoxy groups -OCH3 is 1. The standard InChI is InChI=1S/C21H27N3O4/c1-28-20(26)10-4-9-19(25)24-11-5-6-15(14-24)13-22-21(27)18-12-16-7-2-3-8-17(16)23-18/h2-3,7-8,12,15,23H,4-6,9-11,13-14H2,1H3,(H,22,27). The maximum Gasteiger partial charge on any atom is 0.305 e. The van der Waals surface area contributed by atoms with Crippen LogP contribution in [0.3, 0.4) is 0 Å². The topological polar surface area (TPSA) is 91.5 Å². The molecule has 1 atom stereocenters. The highest BCUT2D eigenvalue weighted by atomic mass is 16.5. The van der Waals surface area contributed by atoms with Crippen LogP contribution in [-0.4, -0.2) is 54.4 Å². The molecule has 28 heavy (non-hydrogen) atoms. The van der Waals surface area contributed by atoms with Crippen molar-refractivity contribution >= 4 is 28.7 Å². The Morgan fingerprint density at radius 2 is 2.07 bits per heavy atom. The summed E-state index contributed by atoms with van der Waals surface area (Å²) >= 11 is 0. The number of H-pyrrole nitrogens is 1. The number of rotatable bonds is 7. The average Bonchev–Trinajstić information content (AvgIpc) is 3.16. The van der Waals surface area contributed by atoms with E-state index < -0.39 is 0 Å². The summed E-state index contributed by atoms with van der Waals surface area (Å²) < 4.78 is 4.60. The third-order valence-corrected chi connectivity index (χ3v) is 5.20. The number of piperidine rings is 1. The summed E-state index contributed by atoms with van der Waals surface area (Å²) in [5.41, 5.74) is 1.49. The molecule has 0 aliphatic carbocycles. The number of carbonyl (C=O) groups excluding carboxylic acids is 3. The van der Waals surface area contributed by atoms with Gasteiger partial charge in [0.05, 0.1) is 7.11 Å². The van der Waals surface area contributed by atoms with Crippen molar-refractivity contribution in [1.29, 1.82) is 0 Å². The summed E-state index contributed by atoms with van der Waals surface area (Å²) in [6, 6.07) is 9.63. The van der Waals surface area contributed by atoms with Gasteiger partial charge in [-0.3, -0.25) is 14.4 Å². The summed E-state index contributed by atoms with van der Waals surface area (Å²) in [4.78, 5) is 40.9. The number of hydrogen-bond donors (Lipinski definition) is 2. The molecule has 2 N–H and O–H groups in total. The lowest BCUT2D eigenvalue weighted by Gasteiger charge is -2.33. The predicted octanol–water partition coefficient (Wildman–Crippen LogP) is 2.48. The molecule has 1 unspecified atom stereocenters. The number of likely N-dealkylation sites (tertiary alicyclic amines) is 1. The highest BCUT2D eigenvalue weighted by Crippen LogP contribution is 2.18. The van der Waals surface area contributed by atoms with Crippen molar-refractivity contribution in [2.45, 2.75) is 32.1 Å². The predicted molar refractivity (Wildman–Crippen MR) is 106 cm³/mol. The van der Waals surface area contributed by atoms with Gasteiger partial charge in [-0.1, -0.05) is 18.2 Å². The molecule has 2 heterocycles. The first kappa shape index (κ1) is 19.9. The van der Waals surface area contributed by atoms with Crippen LogP contribution in [0.4, 0.5) is 0 Å². The van der Waals surface area contributed by atoms with Crippen molar-refractivity contribution in [3.05, 3.63) is 36.0 Å². The van der Waals surface area contributed by atoms with Gasteiger partial charge < -0.3 is 19.9 Å². The third-order valence-electron chi connectivity index (χ3n) is 5.20. The quantitative estimate of drug-likeness (QED) is 0.717. The van der Waals surface area contributed by atoms with Crippen molar-refractivity contribution < 1.29 is 19.1 Å². The van der Waals surface area contributed by atoms with Crippen molar-refractivity contribution in [2.75, 3.05) is 26.7 Å². The minimum absolute atomic E-state index is 0.0653. The highest BCUT2D eigenvalue weighted by molar-refractivity contribution is 5.97. The van der Waals surface area contributed by atoms with Crippen LogP contribution in [-0.2, 0) is 14.3 Å². The number of aromatic nitrogens is 1. The van der Waals surface area contributed by atoms with E-state index in [0.717, 1.165) is 30.3 Å². The van der Waals surface area contributed by atoms with Gasteiger partial charge in [-0.15, -0.1) is 0 Å². The van der Waals surface area contributed by atoms with Gasteiger partial charge in [0, 0.05) is 43.4 Å². The van der Waals surface area contributed by atoms with E-state index in [0.29, 0.717) is 31.6 Å². The van der Waals surface area contributed by atoms with E-state index in [1.807, 2.05) is 35.2 Å². The Labute approximate surface area is 164 Å². The number of carbonyl (C=O) groups is 3. The minimum atomic E-state index is -0.288. The Morgan fingerprint density at radius 3 is 2.86 bits per heavy atom. The van der Waals surface area contributed by atoms with Gasteiger partial charge in [0.2, 0.25) is 5.91 Å². The minimum Gasteiger partial charge on any atom is -0.469 e. The summed E-state index contributed by atoms with van der Waals surface area (Å²) in [7, 11) is 1.35. The molecule has 1 aromatic heterocycles. The maximum atomic E-state index is 12.4. The van der Waals surface area contributed by atoms with Gasteiger partial charge in [0.15, 0.2) is 0 Å². The van der Waals surface area contributed by atoms with Crippen LogP contribution in [0.15, 0.2) is 30.3 Å². The third kappa shape index (κ3) is 5.12. The molecule has 3 rings (SSSR count). The van der Waals surface area contributed by atoms with Crippen LogP contribution in [0.25, 0.3) is 10.9 Å². The van der Waals surface area contributed by atoms with Crippen LogP contribution in [0, 0.1) is 5.92 Å². The maximum absolute atomic E-state index is 12.4. The van der Waals surface area contributed by atoms with Crippen molar-refractivity contribution in [3.8, 4) is 0 Å². The Hall–Kier alpha value is -2.83. The Bertz CT molecular complexity index is 812. The van der Waals surface area contributed by atoms with Gasteiger partial charge in [-0.25, -0.2) is 0 Å².